The Morgan fingerprint density at radius 2 is 1.95 bits per heavy atom. The fraction of sp³-hybridized carbons (Fsp3) is 0.375. The highest BCUT2D eigenvalue weighted by Gasteiger charge is 2.09. The average Bonchev–Trinajstić information content (AvgIpc) is 2.51. The second kappa shape index (κ2) is 7.04. The van der Waals surface area contributed by atoms with Gasteiger partial charge in [0.1, 0.15) is 5.69 Å². The molecule has 0 aliphatic carbocycles. The van der Waals surface area contributed by atoms with E-state index in [0.717, 1.165) is 25.0 Å². The number of fused-ring (bicyclic) bond motifs is 1. The first-order valence-corrected chi connectivity index (χ1v) is 7.28. The Balaban J connectivity index is 2.08. The number of aromatic amines is 1. The lowest BCUT2D eigenvalue weighted by molar-refractivity contribution is 0.0944. The molecule has 2 aromatic rings. The van der Waals surface area contributed by atoms with Crippen molar-refractivity contribution in [2.24, 2.45) is 0 Å². The van der Waals surface area contributed by atoms with Gasteiger partial charge in [0.05, 0.1) is 0 Å². The van der Waals surface area contributed by atoms with Crippen molar-refractivity contribution in [1.29, 1.82) is 0 Å². The number of nitrogens with zero attached hydrogens (tertiary/aromatic N) is 1. The average molecular weight is 287 g/mol. The number of rotatable bonds is 6. The molecule has 1 aromatic heterocycles. The van der Waals surface area contributed by atoms with Gasteiger partial charge in [-0.15, -0.1) is 0 Å². The van der Waals surface area contributed by atoms with Gasteiger partial charge in [0, 0.05) is 18.5 Å². The van der Waals surface area contributed by atoms with Gasteiger partial charge in [0.2, 0.25) is 0 Å². The number of amides is 1. The van der Waals surface area contributed by atoms with E-state index >= 15 is 0 Å². The first kappa shape index (κ1) is 15.3. The predicted octanol–water partition coefficient (Wildman–Crippen LogP) is 1.60. The molecule has 0 aliphatic rings. The zero-order valence-electron chi connectivity index (χ0n) is 12.5. The molecule has 0 aliphatic heterocycles. The summed E-state index contributed by atoms with van der Waals surface area (Å²) in [6.45, 7) is 7.46. The normalized spacial score (nSPS) is 11.0. The summed E-state index contributed by atoms with van der Waals surface area (Å²) in [5.41, 5.74) is 0.0697. The summed E-state index contributed by atoms with van der Waals surface area (Å²) in [5.74, 6) is -0.245. The molecule has 0 bridgehead atoms. The SMILES string of the molecule is CCN(CC)CCNC(=O)c1cc2ccccc2c(=O)[nH]1. The first-order valence-electron chi connectivity index (χ1n) is 7.28. The lowest BCUT2D eigenvalue weighted by atomic mass is 10.1. The number of pyridine rings is 1. The monoisotopic (exact) mass is 287 g/mol. The predicted molar refractivity (Wildman–Crippen MR) is 84.7 cm³/mol. The van der Waals surface area contributed by atoms with Crippen molar-refractivity contribution < 1.29 is 4.79 Å². The van der Waals surface area contributed by atoms with Crippen LogP contribution in [-0.4, -0.2) is 42.0 Å². The third-order valence-corrected chi connectivity index (χ3v) is 3.61. The maximum Gasteiger partial charge on any atom is 0.267 e. The van der Waals surface area contributed by atoms with Crippen molar-refractivity contribution in [1.82, 2.24) is 15.2 Å². The summed E-state index contributed by atoms with van der Waals surface area (Å²) in [4.78, 5) is 28.9. The molecule has 2 rings (SSSR count). The smallest absolute Gasteiger partial charge is 0.267 e. The molecule has 0 spiro atoms. The molecule has 0 saturated carbocycles. The summed E-state index contributed by atoms with van der Waals surface area (Å²) in [6, 6.07) is 8.95. The fourth-order valence-corrected chi connectivity index (χ4v) is 2.30. The molecule has 0 saturated heterocycles. The Hall–Kier alpha value is -2.14. The number of likely N-dealkylation sites (N-methyl/N-ethyl adjacent to an activating group) is 1. The van der Waals surface area contributed by atoms with Gasteiger partial charge in [-0.25, -0.2) is 0 Å². The van der Waals surface area contributed by atoms with Gasteiger partial charge in [-0.3, -0.25) is 9.59 Å². The van der Waals surface area contributed by atoms with Gasteiger partial charge in [-0.05, 0) is 30.6 Å². The van der Waals surface area contributed by atoms with Crippen LogP contribution in [0.3, 0.4) is 0 Å². The summed E-state index contributed by atoms with van der Waals surface area (Å²) in [7, 11) is 0. The molecular formula is C16H21N3O2. The third-order valence-electron chi connectivity index (χ3n) is 3.61. The van der Waals surface area contributed by atoms with E-state index in [2.05, 4.69) is 29.0 Å². The van der Waals surface area contributed by atoms with Crippen LogP contribution in [-0.2, 0) is 0 Å². The van der Waals surface area contributed by atoms with Crippen LogP contribution < -0.4 is 10.9 Å². The molecule has 1 heterocycles. The van der Waals surface area contributed by atoms with Crippen LogP contribution >= 0.6 is 0 Å². The molecule has 5 heteroatoms. The molecule has 0 atom stereocenters. The Kier molecular flexibility index (Phi) is 5.11. The zero-order chi connectivity index (χ0) is 15.2. The highest BCUT2D eigenvalue weighted by atomic mass is 16.2. The molecule has 0 fully saturated rings. The zero-order valence-corrected chi connectivity index (χ0v) is 12.5. The quantitative estimate of drug-likeness (QED) is 0.848. The Bertz CT molecular complexity index is 675. The van der Waals surface area contributed by atoms with E-state index in [1.54, 1.807) is 18.2 Å². The fourth-order valence-electron chi connectivity index (χ4n) is 2.30. The van der Waals surface area contributed by atoms with Crippen LogP contribution in [0.25, 0.3) is 10.8 Å². The number of hydrogen-bond acceptors (Lipinski definition) is 3. The Morgan fingerprint density at radius 1 is 1.24 bits per heavy atom. The number of carbonyl (C=O) groups excluding carboxylic acids is 1. The number of benzene rings is 1. The van der Waals surface area contributed by atoms with Crippen molar-refractivity contribution in [3.8, 4) is 0 Å². The second-order valence-electron chi connectivity index (χ2n) is 4.88. The van der Waals surface area contributed by atoms with Gasteiger partial charge in [0.15, 0.2) is 0 Å². The van der Waals surface area contributed by atoms with E-state index in [1.165, 1.54) is 0 Å². The molecular weight excluding hydrogens is 266 g/mol. The minimum absolute atomic E-state index is 0.234. The van der Waals surface area contributed by atoms with E-state index < -0.39 is 0 Å². The van der Waals surface area contributed by atoms with Crippen LogP contribution in [0.15, 0.2) is 35.1 Å². The molecule has 112 valence electrons. The molecule has 21 heavy (non-hydrogen) atoms. The summed E-state index contributed by atoms with van der Waals surface area (Å²) in [6.07, 6.45) is 0. The Labute approximate surface area is 124 Å². The van der Waals surface area contributed by atoms with Crippen LogP contribution in [0, 0.1) is 0 Å². The molecule has 1 aromatic carbocycles. The van der Waals surface area contributed by atoms with Crippen LogP contribution in [0.1, 0.15) is 24.3 Å². The maximum absolute atomic E-state index is 12.1. The number of aromatic nitrogens is 1. The van der Waals surface area contributed by atoms with Crippen molar-refractivity contribution in [3.63, 3.8) is 0 Å². The molecule has 2 N–H and O–H groups in total. The minimum atomic E-state index is -0.245. The number of hydrogen-bond donors (Lipinski definition) is 2. The van der Waals surface area contributed by atoms with Crippen molar-refractivity contribution >= 4 is 16.7 Å². The van der Waals surface area contributed by atoms with Gasteiger partial charge in [0.25, 0.3) is 11.5 Å². The van der Waals surface area contributed by atoms with Crippen LogP contribution in [0.4, 0.5) is 0 Å². The topological polar surface area (TPSA) is 65.2 Å². The molecule has 0 unspecified atom stereocenters. The molecule has 1 amide bonds. The van der Waals surface area contributed by atoms with Crippen molar-refractivity contribution in [3.05, 3.63) is 46.4 Å². The summed E-state index contributed by atoms with van der Waals surface area (Å²) in [5, 5.41) is 4.21. The van der Waals surface area contributed by atoms with Gasteiger partial charge < -0.3 is 15.2 Å². The van der Waals surface area contributed by atoms with Gasteiger partial charge >= 0.3 is 0 Å². The van der Waals surface area contributed by atoms with Crippen molar-refractivity contribution in [2.75, 3.05) is 26.2 Å². The second-order valence-corrected chi connectivity index (χ2v) is 4.88. The first-order chi connectivity index (χ1) is 10.2. The lowest BCUT2D eigenvalue weighted by Crippen LogP contribution is -2.35. The van der Waals surface area contributed by atoms with E-state index in [-0.39, 0.29) is 11.5 Å². The Morgan fingerprint density at radius 3 is 2.67 bits per heavy atom. The summed E-state index contributed by atoms with van der Waals surface area (Å²) >= 11 is 0. The number of nitrogens with one attached hydrogen (secondary N) is 2. The minimum Gasteiger partial charge on any atom is -0.349 e. The third kappa shape index (κ3) is 3.70. The highest BCUT2D eigenvalue weighted by molar-refractivity contribution is 5.96. The van der Waals surface area contributed by atoms with E-state index in [0.29, 0.717) is 17.6 Å². The van der Waals surface area contributed by atoms with Gasteiger partial charge in [-0.2, -0.15) is 0 Å². The lowest BCUT2D eigenvalue weighted by Gasteiger charge is -2.17. The largest absolute Gasteiger partial charge is 0.349 e. The van der Waals surface area contributed by atoms with Crippen molar-refractivity contribution in [2.45, 2.75) is 13.8 Å². The van der Waals surface area contributed by atoms with E-state index in [4.69, 9.17) is 0 Å². The maximum atomic E-state index is 12.1. The molecule has 5 nitrogen and oxygen atoms in total. The van der Waals surface area contributed by atoms with E-state index in [9.17, 15) is 9.59 Å². The van der Waals surface area contributed by atoms with Crippen LogP contribution in [0.2, 0.25) is 0 Å². The standard InChI is InChI=1S/C16H21N3O2/c1-3-19(4-2)10-9-17-16(21)14-11-12-7-5-6-8-13(12)15(20)18-14/h5-8,11H,3-4,9-10H2,1-2H3,(H,17,21)(H,18,20). The van der Waals surface area contributed by atoms with Crippen LogP contribution in [0.5, 0.6) is 0 Å². The summed E-state index contributed by atoms with van der Waals surface area (Å²) < 4.78 is 0. The highest BCUT2D eigenvalue weighted by Crippen LogP contribution is 2.09. The van der Waals surface area contributed by atoms with Gasteiger partial charge in [-0.1, -0.05) is 32.0 Å². The number of carbonyl (C=O) groups is 1. The van der Waals surface area contributed by atoms with E-state index in [1.807, 2.05) is 12.1 Å². The number of H-pyrrole nitrogens is 1. The molecule has 0 radical (unpaired) electrons.